The summed E-state index contributed by atoms with van der Waals surface area (Å²) < 4.78 is 13.9. The van der Waals surface area contributed by atoms with Crippen LogP contribution < -0.4 is 5.32 Å². The van der Waals surface area contributed by atoms with E-state index >= 15 is 0 Å². The second kappa shape index (κ2) is 13.3. The summed E-state index contributed by atoms with van der Waals surface area (Å²) in [6.07, 6.45) is 4.43. The Balaban J connectivity index is 1.51. The number of nitrogens with one attached hydrogen (secondary N) is 1. The zero-order chi connectivity index (χ0) is 25.4. The van der Waals surface area contributed by atoms with Crippen molar-refractivity contribution < 1.29 is 9.00 Å². The Kier molecular flexibility index (Phi) is 10.4. The SMILES string of the molecule is Cc1nnc(CCNC(=O)C2CN(C)C2)n1C(C)CN(C)CCC(CCS(C)=O)c1ccccc1. The fraction of sp³-hybridized carbons (Fsp3) is 0.654. The van der Waals surface area contributed by atoms with E-state index in [-0.39, 0.29) is 17.9 Å². The molecule has 0 spiro atoms. The summed E-state index contributed by atoms with van der Waals surface area (Å²) in [5.41, 5.74) is 1.33. The lowest BCUT2D eigenvalue weighted by atomic mass is 9.93. The number of rotatable bonds is 14. The number of carbonyl (C=O) groups is 1. The van der Waals surface area contributed by atoms with E-state index < -0.39 is 10.8 Å². The Morgan fingerprint density at radius 3 is 2.60 bits per heavy atom. The molecular weight excluding hydrogens is 460 g/mol. The molecule has 1 saturated heterocycles. The molecule has 1 aliphatic rings. The molecule has 0 aliphatic carbocycles. The second-order valence-electron chi connectivity index (χ2n) is 10.1. The van der Waals surface area contributed by atoms with Crippen LogP contribution in [0.3, 0.4) is 0 Å². The van der Waals surface area contributed by atoms with Crippen LogP contribution in [-0.2, 0) is 22.0 Å². The van der Waals surface area contributed by atoms with Crippen LogP contribution in [0.25, 0.3) is 0 Å². The van der Waals surface area contributed by atoms with Crippen molar-refractivity contribution in [1.29, 1.82) is 0 Å². The predicted molar refractivity (Wildman–Crippen MR) is 142 cm³/mol. The smallest absolute Gasteiger partial charge is 0.225 e. The lowest BCUT2D eigenvalue weighted by Gasteiger charge is -2.34. The maximum atomic E-state index is 12.2. The lowest BCUT2D eigenvalue weighted by Crippen LogP contribution is -2.51. The summed E-state index contributed by atoms with van der Waals surface area (Å²) in [5, 5.41) is 11.8. The molecule has 1 N–H and O–H groups in total. The molecule has 9 heteroatoms. The summed E-state index contributed by atoms with van der Waals surface area (Å²) >= 11 is 0. The Labute approximate surface area is 212 Å². The van der Waals surface area contributed by atoms with E-state index in [0.717, 1.165) is 56.4 Å². The van der Waals surface area contributed by atoms with E-state index in [0.29, 0.717) is 18.9 Å². The molecule has 0 bridgehead atoms. The topological polar surface area (TPSA) is 83.4 Å². The molecule has 3 rings (SSSR count). The van der Waals surface area contributed by atoms with Gasteiger partial charge < -0.3 is 19.7 Å². The molecule has 0 saturated carbocycles. The van der Waals surface area contributed by atoms with Crippen molar-refractivity contribution in [1.82, 2.24) is 29.9 Å². The van der Waals surface area contributed by atoms with Gasteiger partial charge in [-0.15, -0.1) is 10.2 Å². The van der Waals surface area contributed by atoms with Crippen LogP contribution in [0.2, 0.25) is 0 Å². The van der Waals surface area contributed by atoms with Gasteiger partial charge in [-0.05, 0) is 58.8 Å². The number of benzene rings is 1. The highest BCUT2D eigenvalue weighted by atomic mass is 32.2. The zero-order valence-corrected chi connectivity index (χ0v) is 22.8. The minimum Gasteiger partial charge on any atom is -0.355 e. The molecule has 1 aliphatic heterocycles. The first-order valence-corrected chi connectivity index (χ1v) is 14.4. The molecule has 2 heterocycles. The third-order valence-electron chi connectivity index (χ3n) is 6.92. The number of likely N-dealkylation sites (tertiary alicyclic amines) is 1. The van der Waals surface area contributed by atoms with Crippen molar-refractivity contribution in [2.24, 2.45) is 5.92 Å². The molecule has 8 nitrogen and oxygen atoms in total. The number of carbonyl (C=O) groups excluding carboxylic acids is 1. The van der Waals surface area contributed by atoms with Crippen molar-refractivity contribution in [2.75, 3.05) is 58.8 Å². The number of amides is 1. The molecular formula is C26H42N6O2S. The molecule has 1 aromatic heterocycles. The summed E-state index contributed by atoms with van der Waals surface area (Å²) in [6.45, 7) is 8.30. The van der Waals surface area contributed by atoms with Gasteiger partial charge in [0.1, 0.15) is 11.6 Å². The highest BCUT2D eigenvalue weighted by Gasteiger charge is 2.29. The molecule has 0 radical (unpaired) electrons. The first kappa shape index (κ1) is 27.5. The van der Waals surface area contributed by atoms with Gasteiger partial charge in [0.25, 0.3) is 0 Å². The average molecular weight is 503 g/mol. The quantitative estimate of drug-likeness (QED) is 0.427. The molecule has 3 atom stereocenters. The first-order valence-electron chi connectivity index (χ1n) is 12.6. The number of hydrogen-bond donors (Lipinski definition) is 1. The normalized spacial score (nSPS) is 17.2. The van der Waals surface area contributed by atoms with Gasteiger partial charge >= 0.3 is 0 Å². The standard InChI is InChI=1S/C26H42N6O2S/c1-20(17-30(3)15-12-23(13-16-35(5)34)22-9-7-6-8-10-22)32-21(2)28-29-25(32)11-14-27-26(33)24-18-31(4)19-24/h6-10,20,23-24H,11-19H2,1-5H3,(H,27,33). The van der Waals surface area contributed by atoms with Crippen LogP contribution in [0.5, 0.6) is 0 Å². The van der Waals surface area contributed by atoms with Gasteiger partial charge in [0.05, 0.1) is 5.92 Å². The minimum atomic E-state index is -0.776. The maximum Gasteiger partial charge on any atom is 0.225 e. The van der Waals surface area contributed by atoms with E-state index in [1.165, 1.54) is 5.56 Å². The second-order valence-corrected chi connectivity index (χ2v) is 11.6. The van der Waals surface area contributed by atoms with Crippen molar-refractivity contribution in [2.45, 2.75) is 45.1 Å². The molecule has 3 unspecified atom stereocenters. The fourth-order valence-electron chi connectivity index (χ4n) is 4.97. The number of hydrogen-bond acceptors (Lipinski definition) is 6. The van der Waals surface area contributed by atoms with Crippen molar-refractivity contribution in [3.8, 4) is 0 Å². The highest BCUT2D eigenvalue weighted by molar-refractivity contribution is 7.84. The predicted octanol–water partition coefficient (Wildman–Crippen LogP) is 2.24. The van der Waals surface area contributed by atoms with Crippen molar-refractivity contribution in [3.05, 3.63) is 47.5 Å². The first-order chi connectivity index (χ1) is 16.7. The maximum absolute atomic E-state index is 12.2. The van der Waals surface area contributed by atoms with Gasteiger partial charge in [-0.1, -0.05) is 30.3 Å². The monoisotopic (exact) mass is 502 g/mol. The summed E-state index contributed by atoms with van der Waals surface area (Å²) in [5.74, 6) is 3.21. The molecule has 1 amide bonds. The van der Waals surface area contributed by atoms with Crippen LogP contribution >= 0.6 is 0 Å². The van der Waals surface area contributed by atoms with Gasteiger partial charge in [0.2, 0.25) is 5.91 Å². The lowest BCUT2D eigenvalue weighted by molar-refractivity contribution is -0.129. The largest absolute Gasteiger partial charge is 0.355 e. The fourth-order valence-corrected chi connectivity index (χ4v) is 5.59. The van der Waals surface area contributed by atoms with Crippen LogP contribution in [-0.4, -0.2) is 93.5 Å². The number of aryl methyl sites for hydroxylation is 1. The highest BCUT2D eigenvalue weighted by Crippen LogP contribution is 2.24. The number of nitrogens with zero attached hydrogens (tertiary/aromatic N) is 5. The zero-order valence-electron chi connectivity index (χ0n) is 21.9. The molecule has 35 heavy (non-hydrogen) atoms. The van der Waals surface area contributed by atoms with Crippen LogP contribution in [0.4, 0.5) is 0 Å². The van der Waals surface area contributed by atoms with Crippen LogP contribution in [0, 0.1) is 12.8 Å². The van der Waals surface area contributed by atoms with Gasteiger partial charge in [-0.3, -0.25) is 9.00 Å². The van der Waals surface area contributed by atoms with E-state index in [1.807, 2.05) is 20.0 Å². The summed E-state index contributed by atoms with van der Waals surface area (Å²) in [7, 11) is 3.41. The van der Waals surface area contributed by atoms with E-state index in [2.05, 4.69) is 68.1 Å². The molecule has 194 valence electrons. The molecule has 2 aromatic rings. The minimum absolute atomic E-state index is 0.115. The molecule has 1 aromatic carbocycles. The van der Waals surface area contributed by atoms with Crippen LogP contribution in [0.15, 0.2) is 30.3 Å². The van der Waals surface area contributed by atoms with Crippen molar-refractivity contribution >= 4 is 16.7 Å². The summed E-state index contributed by atoms with van der Waals surface area (Å²) in [4.78, 5) is 16.8. The van der Waals surface area contributed by atoms with E-state index in [9.17, 15) is 9.00 Å². The molecule has 1 fully saturated rings. The third-order valence-corrected chi connectivity index (χ3v) is 7.73. The Hall–Kier alpha value is -2.10. The van der Waals surface area contributed by atoms with Gasteiger partial charge in [-0.25, -0.2) is 0 Å². The number of likely N-dealkylation sites (N-methyl/N-ethyl adjacent to an activating group) is 1. The van der Waals surface area contributed by atoms with Gasteiger partial charge in [0, 0.05) is 61.4 Å². The van der Waals surface area contributed by atoms with Gasteiger partial charge in [0.15, 0.2) is 0 Å². The number of aromatic nitrogens is 3. The van der Waals surface area contributed by atoms with Gasteiger partial charge in [-0.2, -0.15) is 0 Å². The van der Waals surface area contributed by atoms with E-state index in [1.54, 1.807) is 6.26 Å². The average Bonchev–Trinajstić information content (AvgIpc) is 3.17. The Morgan fingerprint density at radius 1 is 1.23 bits per heavy atom. The van der Waals surface area contributed by atoms with Crippen LogP contribution in [0.1, 0.15) is 48.9 Å². The Bertz CT molecular complexity index is 960. The summed E-state index contributed by atoms with van der Waals surface area (Å²) in [6, 6.07) is 10.8. The van der Waals surface area contributed by atoms with E-state index in [4.69, 9.17) is 0 Å². The Morgan fingerprint density at radius 2 is 1.94 bits per heavy atom. The van der Waals surface area contributed by atoms with Crippen molar-refractivity contribution in [3.63, 3.8) is 0 Å². The third kappa shape index (κ3) is 8.22.